The SMILES string of the molecule is Cc1c(CO)ncn1S(O)(O)N(C)C. The van der Waals surface area contributed by atoms with Gasteiger partial charge in [0.15, 0.2) is 0 Å². The molecule has 7 heteroatoms. The summed E-state index contributed by atoms with van der Waals surface area (Å²) in [5.41, 5.74) is 1.01. The number of hydrogen-bond donors (Lipinski definition) is 3. The maximum Gasteiger partial charge on any atom is 0.116 e. The number of hydrogen-bond acceptors (Lipinski definition) is 5. The third-order valence-electron chi connectivity index (χ3n) is 1.97. The van der Waals surface area contributed by atoms with Gasteiger partial charge in [0.1, 0.15) is 6.33 Å². The van der Waals surface area contributed by atoms with E-state index >= 15 is 0 Å². The molecule has 0 radical (unpaired) electrons. The summed E-state index contributed by atoms with van der Waals surface area (Å²) in [5.74, 6) is 0. The zero-order valence-corrected chi connectivity index (χ0v) is 9.19. The molecule has 3 N–H and O–H groups in total. The fourth-order valence-electron chi connectivity index (χ4n) is 1.01. The Labute approximate surface area is 84.4 Å². The number of aliphatic hydroxyl groups is 1. The Hall–Kier alpha value is -0.600. The molecule has 0 fully saturated rings. The summed E-state index contributed by atoms with van der Waals surface area (Å²) in [6, 6.07) is 0. The standard InChI is InChI=1S/C7H15N3O3S/c1-6-7(4-11)8-5-10(6)14(12,13)9(2)3/h5,11-13H,4H2,1-3H3. The molecule has 1 aromatic rings. The van der Waals surface area contributed by atoms with Crippen LogP contribution >= 0.6 is 11.0 Å². The molecule has 0 aromatic carbocycles. The average molecular weight is 221 g/mol. The van der Waals surface area contributed by atoms with Crippen LogP contribution in [0.4, 0.5) is 0 Å². The highest BCUT2D eigenvalue weighted by atomic mass is 32.3. The molecule has 0 saturated carbocycles. The zero-order valence-electron chi connectivity index (χ0n) is 8.38. The fraction of sp³-hybridized carbons (Fsp3) is 0.571. The van der Waals surface area contributed by atoms with Crippen molar-refractivity contribution >= 4 is 11.0 Å². The number of nitrogens with zero attached hydrogens (tertiary/aromatic N) is 3. The largest absolute Gasteiger partial charge is 0.390 e. The van der Waals surface area contributed by atoms with E-state index in [0.717, 1.165) is 0 Å². The molecule has 0 saturated heterocycles. The van der Waals surface area contributed by atoms with Crippen molar-refractivity contribution in [3.8, 4) is 0 Å². The van der Waals surface area contributed by atoms with Gasteiger partial charge in [-0.1, -0.05) is 0 Å². The lowest BCUT2D eigenvalue weighted by Gasteiger charge is -2.39. The van der Waals surface area contributed by atoms with Gasteiger partial charge >= 0.3 is 0 Å². The van der Waals surface area contributed by atoms with Crippen LogP contribution in [-0.2, 0) is 6.61 Å². The van der Waals surface area contributed by atoms with E-state index in [-0.39, 0.29) is 6.61 Å². The highest BCUT2D eigenvalue weighted by Crippen LogP contribution is 2.43. The van der Waals surface area contributed by atoms with Crippen molar-refractivity contribution in [3.05, 3.63) is 17.7 Å². The topological polar surface area (TPSA) is 81.8 Å². The van der Waals surface area contributed by atoms with Gasteiger partial charge in [-0.3, -0.25) is 9.11 Å². The number of imidazole rings is 1. The maximum absolute atomic E-state index is 9.76. The summed E-state index contributed by atoms with van der Waals surface area (Å²) < 4.78 is 22.1. The lowest BCUT2D eigenvalue weighted by molar-refractivity contribution is 0.276. The minimum absolute atomic E-state index is 0.207. The number of rotatable bonds is 3. The van der Waals surface area contributed by atoms with Gasteiger partial charge in [-0.25, -0.2) is 8.96 Å². The first-order chi connectivity index (χ1) is 6.41. The third-order valence-corrected chi connectivity index (χ3v) is 3.85. The number of aliphatic hydroxyl groups excluding tert-OH is 1. The average Bonchev–Trinajstić information content (AvgIpc) is 2.46. The zero-order chi connectivity index (χ0) is 10.9. The van der Waals surface area contributed by atoms with Crippen molar-refractivity contribution in [1.29, 1.82) is 0 Å². The molecule has 0 aliphatic rings. The van der Waals surface area contributed by atoms with Gasteiger partial charge in [0.25, 0.3) is 0 Å². The number of aromatic nitrogens is 2. The van der Waals surface area contributed by atoms with Crippen molar-refractivity contribution in [2.24, 2.45) is 0 Å². The smallest absolute Gasteiger partial charge is 0.116 e. The van der Waals surface area contributed by atoms with Crippen molar-refractivity contribution in [2.45, 2.75) is 13.5 Å². The summed E-state index contributed by atoms with van der Waals surface area (Å²) >= 11 is 0. The minimum Gasteiger partial charge on any atom is -0.390 e. The molecule has 0 aliphatic carbocycles. The second-order valence-electron chi connectivity index (χ2n) is 3.06. The molecule has 0 spiro atoms. The third kappa shape index (κ3) is 1.77. The van der Waals surface area contributed by atoms with Gasteiger partial charge in [-0.15, -0.1) is 0 Å². The van der Waals surface area contributed by atoms with E-state index in [1.165, 1.54) is 14.6 Å². The molecular formula is C7H15N3O3S. The Morgan fingerprint density at radius 2 is 2.07 bits per heavy atom. The molecule has 14 heavy (non-hydrogen) atoms. The molecule has 1 heterocycles. The Morgan fingerprint density at radius 1 is 1.50 bits per heavy atom. The second-order valence-corrected chi connectivity index (χ2v) is 5.17. The Bertz CT molecular complexity index is 324. The van der Waals surface area contributed by atoms with Crippen molar-refractivity contribution in [1.82, 2.24) is 13.3 Å². The first-order valence-electron chi connectivity index (χ1n) is 4.01. The molecule has 0 amide bonds. The van der Waals surface area contributed by atoms with E-state index in [2.05, 4.69) is 4.98 Å². The van der Waals surface area contributed by atoms with E-state index in [0.29, 0.717) is 11.4 Å². The van der Waals surface area contributed by atoms with Crippen molar-refractivity contribution in [3.63, 3.8) is 0 Å². The quantitative estimate of drug-likeness (QED) is 0.699. The molecular weight excluding hydrogens is 206 g/mol. The molecule has 1 aromatic heterocycles. The van der Waals surface area contributed by atoms with E-state index in [1.807, 2.05) is 0 Å². The minimum atomic E-state index is -3.02. The van der Waals surface area contributed by atoms with E-state index in [1.54, 1.807) is 21.0 Å². The van der Waals surface area contributed by atoms with Gasteiger partial charge < -0.3 is 5.11 Å². The van der Waals surface area contributed by atoms with E-state index in [9.17, 15) is 9.11 Å². The van der Waals surface area contributed by atoms with Gasteiger partial charge in [0.05, 0.1) is 18.0 Å². The lowest BCUT2D eigenvalue weighted by Crippen LogP contribution is -2.25. The molecule has 0 unspecified atom stereocenters. The Balaban J connectivity index is 3.13. The van der Waals surface area contributed by atoms with E-state index < -0.39 is 11.0 Å². The molecule has 0 atom stereocenters. The van der Waals surface area contributed by atoms with Gasteiger partial charge in [-0.05, 0) is 17.9 Å². The second kappa shape index (κ2) is 3.87. The van der Waals surface area contributed by atoms with Gasteiger partial charge in [0.2, 0.25) is 0 Å². The Kier molecular flexibility index (Phi) is 3.17. The molecule has 0 bridgehead atoms. The van der Waals surface area contributed by atoms with Crippen LogP contribution in [0.25, 0.3) is 0 Å². The molecule has 0 aliphatic heterocycles. The predicted octanol–water partition coefficient (Wildman–Crippen LogP) is 0.674. The highest BCUT2D eigenvalue weighted by molar-refractivity contribution is 8.20. The maximum atomic E-state index is 9.76. The van der Waals surface area contributed by atoms with Crippen LogP contribution in [0.5, 0.6) is 0 Å². The highest BCUT2D eigenvalue weighted by Gasteiger charge is 2.21. The monoisotopic (exact) mass is 221 g/mol. The first-order valence-corrected chi connectivity index (χ1v) is 5.47. The van der Waals surface area contributed by atoms with Gasteiger partial charge in [0, 0.05) is 14.1 Å². The normalized spacial score (nSPS) is 13.6. The molecule has 82 valence electrons. The van der Waals surface area contributed by atoms with Crippen LogP contribution in [0.1, 0.15) is 11.4 Å². The molecule has 6 nitrogen and oxygen atoms in total. The Morgan fingerprint density at radius 3 is 2.43 bits per heavy atom. The summed E-state index contributed by atoms with van der Waals surface area (Å²) in [6.07, 6.45) is 1.32. The van der Waals surface area contributed by atoms with Gasteiger partial charge in [-0.2, -0.15) is 4.31 Å². The first kappa shape index (κ1) is 11.5. The summed E-state index contributed by atoms with van der Waals surface area (Å²) in [5, 5.41) is 8.89. The van der Waals surface area contributed by atoms with Crippen LogP contribution in [0.2, 0.25) is 0 Å². The van der Waals surface area contributed by atoms with Crippen LogP contribution < -0.4 is 0 Å². The summed E-state index contributed by atoms with van der Waals surface area (Å²) in [7, 11) is 0.105. The van der Waals surface area contributed by atoms with Crippen LogP contribution in [0, 0.1) is 6.92 Å². The lowest BCUT2D eigenvalue weighted by atomic mass is 10.4. The summed E-state index contributed by atoms with van der Waals surface area (Å²) in [6.45, 7) is 1.47. The predicted molar refractivity (Wildman–Crippen MR) is 54.8 cm³/mol. The van der Waals surface area contributed by atoms with Crippen LogP contribution in [-0.4, -0.2) is 41.6 Å². The van der Waals surface area contributed by atoms with Crippen LogP contribution in [0.3, 0.4) is 0 Å². The fourth-order valence-corrected chi connectivity index (χ4v) is 2.01. The van der Waals surface area contributed by atoms with Crippen molar-refractivity contribution in [2.75, 3.05) is 14.1 Å². The molecule has 1 rings (SSSR count). The summed E-state index contributed by atoms with van der Waals surface area (Å²) in [4.78, 5) is 3.87. The van der Waals surface area contributed by atoms with Crippen molar-refractivity contribution < 1.29 is 14.2 Å². The van der Waals surface area contributed by atoms with Crippen LogP contribution in [0.15, 0.2) is 6.33 Å². The van der Waals surface area contributed by atoms with E-state index in [4.69, 9.17) is 5.11 Å².